The Hall–Kier alpha value is -3.69. The number of nitrogens with one attached hydrogen (secondary N) is 1. The molecule has 37 heavy (non-hydrogen) atoms. The minimum absolute atomic E-state index is 0.0895. The molecule has 1 N–H and O–H groups in total. The van der Waals surface area contributed by atoms with Crippen molar-refractivity contribution in [1.82, 2.24) is 39.9 Å². The van der Waals surface area contributed by atoms with Crippen LogP contribution >= 0.6 is 11.6 Å². The number of hydrogen-bond acceptors (Lipinski definition) is 12. The van der Waals surface area contributed by atoms with E-state index < -0.39 is 27.4 Å². The van der Waals surface area contributed by atoms with Gasteiger partial charge in [0.2, 0.25) is 27.7 Å². The SMILES string of the molecule is COc1cccc(-c2nnc(NS(=O)(=O)[C@@H](C)[C@H](OC)c3ncc(Cl)cn3)n2[C@H](C)c2noc(C)n2)n1. The molecule has 0 spiro atoms. The highest BCUT2D eigenvalue weighted by Crippen LogP contribution is 2.30. The van der Waals surface area contributed by atoms with Crippen molar-refractivity contribution in [2.45, 2.75) is 38.2 Å². The van der Waals surface area contributed by atoms with Gasteiger partial charge in [-0.25, -0.2) is 23.4 Å². The maximum Gasteiger partial charge on any atom is 0.240 e. The van der Waals surface area contributed by atoms with Gasteiger partial charge in [-0.15, -0.1) is 10.2 Å². The number of sulfonamides is 1. The minimum Gasteiger partial charge on any atom is -0.481 e. The first-order valence-electron chi connectivity index (χ1n) is 10.9. The molecule has 0 aromatic carbocycles. The maximum absolute atomic E-state index is 13.5. The molecule has 3 atom stereocenters. The average molecular weight is 550 g/mol. The second-order valence-electron chi connectivity index (χ2n) is 7.90. The van der Waals surface area contributed by atoms with Crippen molar-refractivity contribution < 1.29 is 22.4 Å². The molecule has 0 aliphatic carbocycles. The van der Waals surface area contributed by atoms with E-state index in [0.29, 0.717) is 28.3 Å². The van der Waals surface area contributed by atoms with Crippen molar-refractivity contribution >= 4 is 27.6 Å². The lowest BCUT2D eigenvalue weighted by Gasteiger charge is -2.22. The molecule has 0 saturated carbocycles. The third-order valence-electron chi connectivity index (χ3n) is 5.46. The predicted octanol–water partition coefficient (Wildman–Crippen LogP) is 2.61. The third-order valence-corrected chi connectivity index (χ3v) is 7.35. The van der Waals surface area contributed by atoms with E-state index in [4.69, 9.17) is 25.6 Å². The molecule has 0 saturated heterocycles. The lowest BCUT2D eigenvalue weighted by Crippen LogP contribution is -2.33. The molecule has 0 bridgehead atoms. The van der Waals surface area contributed by atoms with E-state index in [9.17, 15) is 8.42 Å². The van der Waals surface area contributed by atoms with Gasteiger partial charge in [0, 0.05) is 32.5 Å². The molecule has 0 radical (unpaired) electrons. The van der Waals surface area contributed by atoms with Crippen LogP contribution in [-0.4, -0.2) is 67.7 Å². The van der Waals surface area contributed by atoms with Crippen molar-refractivity contribution in [3.8, 4) is 17.4 Å². The van der Waals surface area contributed by atoms with Crippen molar-refractivity contribution in [2.24, 2.45) is 0 Å². The van der Waals surface area contributed by atoms with E-state index in [1.807, 2.05) is 0 Å². The molecule has 0 aliphatic rings. The van der Waals surface area contributed by atoms with Crippen molar-refractivity contribution in [3.05, 3.63) is 53.2 Å². The number of anilines is 1. The highest BCUT2D eigenvalue weighted by molar-refractivity contribution is 7.93. The smallest absolute Gasteiger partial charge is 0.240 e. The van der Waals surface area contributed by atoms with Crippen molar-refractivity contribution in [3.63, 3.8) is 0 Å². The Balaban J connectivity index is 1.74. The average Bonchev–Trinajstić information content (AvgIpc) is 3.51. The Morgan fingerprint density at radius 1 is 1.08 bits per heavy atom. The summed E-state index contributed by atoms with van der Waals surface area (Å²) in [6.45, 7) is 4.86. The summed E-state index contributed by atoms with van der Waals surface area (Å²) < 4.78 is 46.7. The first-order valence-corrected chi connectivity index (χ1v) is 12.9. The fourth-order valence-corrected chi connectivity index (χ4v) is 4.75. The Bertz CT molecular complexity index is 1480. The summed E-state index contributed by atoms with van der Waals surface area (Å²) in [4.78, 5) is 16.9. The number of hydrogen-bond donors (Lipinski definition) is 1. The van der Waals surface area contributed by atoms with Crippen LogP contribution in [0.5, 0.6) is 5.88 Å². The summed E-state index contributed by atoms with van der Waals surface area (Å²) >= 11 is 5.86. The first-order chi connectivity index (χ1) is 17.6. The van der Waals surface area contributed by atoms with E-state index in [1.165, 1.54) is 38.1 Å². The normalized spacial score (nSPS) is 14.2. The number of pyridine rings is 1. The maximum atomic E-state index is 13.5. The van der Waals surface area contributed by atoms with Crippen LogP contribution in [0.25, 0.3) is 11.5 Å². The van der Waals surface area contributed by atoms with Crippen LogP contribution in [0.3, 0.4) is 0 Å². The van der Waals surface area contributed by atoms with E-state index >= 15 is 0 Å². The lowest BCUT2D eigenvalue weighted by molar-refractivity contribution is 0.0950. The highest BCUT2D eigenvalue weighted by atomic mass is 35.5. The van der Waals surface area contributed by atoms with Crippen LogP contribution in [0.15, 0.2) is 35.1 Å². The minimum atomic E-state index is -4.12. The van der Waals surface area contributed by atoms with Gasteiger partial charge in [0.15, 0.2) is 17.5 Å². The highest BCUT2D eigenvalue weighted by Gasteiger charge is 2.35. The quantitative estimate of drug-likeness (QED) is 0.306. The number of nitrogens with zero attached hydrogens (tertiary/aromatic N) is 8. The van der Waals surface area contributed by atoms with E-state index in [0.717, 1.165) is 0 Å². The molecule has 0 aliphatic heterocycles. The van der Waals surface area contributed by atoms with Crippen molar-refractivity contribution in [1.29, 1.82) is 0 Å². The van der Waals surface area contributed by atoms with Gasteiger partial charge in [-0.3, -0.25) is 9.29 Å². The number of halogens is 1. The summed E-state index contributed by atoms with van der Waals surface area (Å²) in [5.41, 5.74) is 0.391. The lowest BCUT2D eigenvalue weighted by atomic mass is 10.2. The zero-order valence-electron chi connectivity index (χ0n) is 20.5. The molecule has 4 aromatic rings. The predicted molar refractivity (Wildman–Crippen MR) is 131 cm³/mol. The summed E-state index contributed by atoms with van der Waals surface area (Å²) in [6, 6.07) is 4.45. The van der Waals surface area contributed by atoms with Gasteiger partial charge in [-0.1, -0.05) is 22.8 Å². The second-order valence-corrected chi connectivity index (χ2v) is 10.4. The molecule has 4 heterocycles. The molecule has 4 aromatic heterocycles. The monoisotopic (exact) mass is 549 g/mol. The van der Waals surface area contributed by atoms with Crippen LogP contribution in [0.2, 0.25) is 5.02 Å². The molecule has 0 amide bonds. The number of aromatic nitrogens is 8. The fourth-order valence-electron chi connectivity index (χ4n) is 3.51. The van der Waals surface area contributed by atoms with Crippen LogP contribution in [0.4, 0.5) is 5.95 Å². The molecular weight excluding hydrogens is 526 g/mol. The fraction of sp³-hybridized carbons (Fsp3) is 0.381. The Labute approximate surface area is 217 Å². The largest absolute Gasteiger partial charge is 0.481 e. The van der Waals surface area contributed by atoms with Gasteiger partial charge >= 0.3 is 0 Å². The van der Waals surface area contributed by atoms with Gasteiger partial charge in [0.1, 0.15) is 17.0 Å². The Morgan fingerprint density at radius 3 is 2.43 bits per heavy atom. The van der Waals surface area contributed by atoms with Crippen LogP contribution in [0.1, 0.15) is 43.5 Å². The van der Waals surface area contributed by atoms with Gasteiger partial charge in [0.25, 0.3) is 0 Å². The van der Waals surface area contributed by atoms with Crippen LogP contribution in [0, 0.1) is 6.92 Å². The zero-order valence-corrected chi connectivity index (χ0v) is 22.1. The van der Waals surface area contributed by atoms with Crippen LogP contribution in [-0.2, 0) is 14.8 Å². The van der Waals surface area contributed by atoms with Gasteiger partial charge < -0.3 is 14.0 Å². The molecule has 14 nitrogen and oxygen atoms in total. The first kappa shape index (κ1) is 26.4. The third kappa shape index (κ3) is 5.52. The number of methoxy groups -OCH3 is 2. The summed E-state index contributed by atoms with van der Waals surface area (Å²) in [6.07, 6.45) is 1.73. The van der Waals surface area contributed by atoms with Gasteiger partial charge in [0.05, 0.1) is 18.2 Å². The number of rotatable bonds is 10. The number of aryl methyl sites for hydroxylation is 1. The molecule has 0 unspecified atom stereocenters. The topological polar surface area (TPSA) is 173 Å². The Morgan fingerprint density at radius 2 is 1.81 bits per heavy atom. The van der Waals surface area contributed by atoms with Crippen LogP contribution < -0.4 is 9.46 Å². The van der Waals surface area contributed by atoms with Gasteiger partial charge in [-0.05, 0) is 19.9 Å². The molecule has 196 valence electrons. The summed E-state index contributed by atoms with van der Waals surface area (Å²) in [5.74, 6) is 1.30. The zero-order chi connectivity index (χ0) is 26.7. The second kappa shape index (κ2) is 10.7. The van der Waals surface area contributed by atoms with E-state index in [-0.39, 0.29) is 17.6 Å². The van der Waals surface area contributed by atoms with E-state index in [1.54, 1.807) is 32.0 Å². The molecule has 0 fully saturated rings. The summed E-state index contributed by atoms with van der Waals surface area (Å²) in [7, 11) is -1.27. The molecule has 4 rings (SSSR count). The van der Waals surface area contributed by atoms with Gasteiger partial charge in [-0.2, -0.15) is 4.98 Å². The summed E-state index contributed by atoms with van der Waals surface area (Å²) in [5, 5.41) is 11.5. The number of ether oxygens (including phenoxy) is 2. The van der Waals surface area contributed by atoms with E-state index in [2.05, 4.69) is 40.0 Å². The van der Waals surface area contributed by atoms with Crippen molar-refractivity contribution in [2.75, 3.05) is 18.9 Å². The Kier molecular flexibility index (Phi) is 7.65. The molecular formula is C21H24ClN9O5S. The molecule has 16 heteroatoms. The standard InChI is InChI=1S/C21H24ClN9O5S/c1-11(18-25-13(3)36-29-18)31-20(15-7-6-8-16(26-15)34-4)27-28-21(31)30-37(32,33)12(2)17(35-5)19-23-9-14(22)10-24-19/h6-12,17H,1-5H3,(H,28,30)/t11-,12+,17+/m1/s1.